The number of aliphatic hydroxyl groups excluding tert-OH is 1. The molecule has 0 amide bonds. The lowest BCUT2D eigenvalue weighted by atomic mass is 9.84. The maximum absolute atomic E-state index is 10.0. The van der Waals surface area contributed by atoms with Gasteiger partial charge in [-0.3, -0.25) is 4.99 Å². The van der Waals surface area contributed by atoms with E-state index >= 15 is 0 Å². The van der Waals surface area contributed by atoms with Gasteiger partial charge in [-0.05, 0) is 50.4 Å². The summed E-state index contributed by atoms with van der Waals surface area (Å²) in [5, 5.41) is 16.5. The second-order valence-electron chi connectivity index (χ2n) is 7.27. The molecule has 24 heavy (non-hydrogen) atoms. The molecule has 0 aromatic heterocycles. The van der Waals surface area contributed by atoms with Gasteiger partial charge < -0.3 is 20.5 Å². The molecule has 6 heteroatoms. The number of ether oxygens (including phenoxy) is 1. The molecule has 2 rings (SSSR count). The molecule has 1 unspecified atom stereocenters. The second kappa shape index (κ2) is 11.5. The van der Waals surface area contributed by atoms with Crippen molar-refractivity contribution in [3.63, 3.8) is 0 Å². The molecule has 0 aromatic rings. The molecule has 0 saturated heterocycles. The number of nitrogens with zero attached hydrogens (tertiary/aromatic N) is 1. The Morgan fingerprint density at radius 3 is 2.54 bits per heavy atom. The topological polar surface area (TPSA) is 65.9 Å². The number of halogens is 1. The van der Waals surface area contributed by atoms with Crippen molar-refractivity contribution in [3.8, 4) is 0 Å². The fourth-order valence-corrected chi connectivity index (χ4v) is 3.27. The minimum Gasteiger partial charge on any atom is -0.389 e. The highest BCUT2D eigenvalue weighted by molar-refractivity contribution is 14.0. The lowest BCUT2D eigenvalue weighted by Crippen LogP contribution is -2.43. The van der Waals surface area contributed by atoms with E-state index in [9.17, 15) is 5.11 Å². The lowest BCUT2D eigenvalue weighted by Gasteiger charge is -2.26. The molecule has 0 radical (unpaired) electrons. The average Bonchev–Trinajstić information content (AvgIpc) is 3.26. The SMILES string of the molecule is CCNC(=NCC1(CC)CCCC1)NCC(O)COCC1CC1.I. The van der Waals surface area contributed by atoms with Crippen LogP contribution in [0.4, 0.5) is 0 Å². The molecule has 0 heterocycles. The molecular formula is C18H36IN3O2. The van der Waals surface area contributed by atoms with Gasteiger partial charge in [0.05, 0.1) is 12.7 Å². The van der Waals surface area contributed by atoms with Crippen LogP contribution in [0.5, 0.6) is 0 Å². The molecule has 2 fully saturated rings. The van der Waals surface area contributed by atoms with Crippen molar-refractivity contribution >= 4 is 29.9 Å². The molecule has 3 N–H and O–H groups in total. The molecule has 2 aliphatic rings. The van der Waals surface area contributed by atoms with Gasteiger partial charge in [-0.15, -0.1) is 24.0 Å². The maximum Gasteiger partial charge on any atom is 0.191 e. The summed E-state index contributed by atoms with van der Waals surface area (Å²) in [5.41, 5.74) is 0.397. The maximum atomic E-state index is 10.0. The summed E-state index contributed by atoms with van der Waals surface area (Å²) >= 11 is 0. The first-order chi connectivity index (χ1) is 11.2. The Kier molecular flexibility index (Phi) is 10.5. The number of guanidine groups is 1. The summed E-state index contributed by atoms with van der Waals surface area (Å²) in [6.45, 7) is 7.74. The van der Waals surface area contributed by atoms with Crippen molar-refractivity contribution in [1.29, 1.82) is 0 Å². The largest absolute Gasteiger partial charge is 0.389 e. The van der Waals surface area contributed by atoms with Crippen molar-refractivity contribution in [3.05, 3.63) is 0 Å². The fourth-order valence-electron chi connectivity index (χ4n) is 3.27. The third-order valence-corrected chi connectivity index (χ3v) is 5.20. The summed E-state index contributed by atoms with van der Waals surface area (Å²) in [5.74, 6) is 1.55. The molecular weight excluding hydrogens is 417 g/mol. The molecule has 0 spiro atoms. The van der Waals surface area contributed by atoms with Gasteiger partial charge in [0.25, 0.3) is 0 Å². The van der Waals surface area contributed by atoms with E-state index < -0.39 is 6.10 Å². The zero-order chi connectivity index (χ0) is 16.5. The van der Waals surface area contributed by atoms with E-state index in [2.05, 4.69) is 24.5 Å². The summed E-state index contributed by atoms with van der Waals surface area (Å²) in [7, 11) is 0. The smallest absolute Gasteiger partial charge is 0.191 e. The van der Waals surface area contributed by atoms with Crippen molar-refractivity contribution in [1.82, 2.24) is 10.6 Å². The van der Waals surface area contributed by atoms with E-state index in [1.807, 2.05) is 0 Å². The molecule has 2 saturated carbocycles. The number of aliphatic imine (C=N–C) groups is 1. The number of hydrogen-bond acceptors (Lipinski definition) is 3. The van der Waals surface area contributed by atoms with E-state index in [4.69, 9.17) is 9.73 Å². The molecule has 0 bridgehead atoms. The average molecular weight is 453 g/mol. The molecule has 2 aliphatic carbocycles. The van der Waals surface area contributed by atoms with Crippen LogP contribution in [0.2, 0.25) is 0 Å². The van der Waals surface area contributed by atoms with Crippen LogP contribution in [0.1, 0.15) is 58.8 Å². The molecule has 0 aromatic carbocycles. The highest BCUT2D eigenvalue weighted by Crippen LogP contribution is 2.41. The lowest BCUT2D eigenvalue weighted by molar-refractivity contribution is 0.0345. The summed E-state index contributed by atoms with van der Waals surface area (Å²) in [6.07, 6.45) is 8.55. The van der Waals surface area contributed by atoms with Gasteiger partial charge in [-0.2, -0.15) is 0 Å². The van der Waals surface area contributed by atoms with Gasteiger partial charge in [0.1, 0.15) is 0 Å². The van der Waals surface area contributed by atoms with Crippen LogP contribution in [0, 0.1) is 11.3 Å². The number of aliphatic hydroxyl groups is 1. The standard InChI is InChI=1S/C18H35N3O2.HI/c1-3-18(9-5-6-10-18)14-21-17(19-4-2)20-11-16(22)13-23-12-15-7-8-15;/h15-16,22H,3-14H2,1-2H3,(H2,19,20,21);1H. The van der Waals surface area contributed by atoms with E-state index in [0.717, 1.165) is 31.6 Å². The van der Waals surface area contributed by atoms with Gasteiger partial charge in [-0.25, -0.2) is 0 Å². The van der Waals surface area contributed by atoms with Gasteiger partial charge in [0, 0.05) is 26.2 Å². The van der Waals surface area contributed by atoms with E-state index in [1.54, 1.807) is 0 Å². The zero-order valence-electron chi connectivity index (χ0n) is 15.4. The Morgan fingerprint density at radius 1 is 1.25 bits per heavy atom. The summed E-state index contributed by atoms with van der Waals surface area (Å²) in [6, 6.07) is 0. The van der Waals surface area contributed by atoms with Gasteiger partial charge in [0.2, 0.25) is 0 Å². The third kappa shape index (κ3) is 7.87. The Morgan fingerprint density at radius 2 is 1.96 bits per heavy atom. The first-order valence-corrected chi connectivity index (χ1v) is 9.45. The van der Waals surface area contributed by atoms with Crippen molar-refractivity contribution in [2.75, 3.05) is 32.8 Å². The van der Waals surface area contributed by atoms with Crippen molar-refractivity contribution in [2.24, 2.45) is 16.3 Å². The Balaban J connectivity index is 0.00000288. The van der Waals surface area contributed by atoms with E-state index in [1.165, 1.54) is 44.9 Å². The van der Waals surface area contributed by atoms with E-state index in [0.29, 0.717) is 18.6 Å². The fraction of sp³-hybridized carbons (Fsp3) is 0.944. The van der Waals surface area contributed by atoms with Crippen LogP contribution >= 0.6 is 24.0 Å². The van der Waals surface area contributed by atoms with Crippen LogP contribution in [0.25, 0.3) is 0 Å². The zero-order valence-corrected chi connectivity index (χ0v) is 17.7. The van der Waals surface area contributed by atoms with Crippen LogP contribution < -0.4 is 10.6 Å². The highest BCUT2D eigenvalue weighted by atomic mass is 127. The third-order valence-electron chi connectivity index (χ3n) is 5.20. The molecule has 0 aliphatic heterocycles. The quantitative estimate of drug-likeness (QED) is 0.271. The highest BCUT2D eigenvalue weighted by Gasteiger charge is 2.31. The minimum absolute atomic E-state index is 0. The Labute approximate surface area is 164 Å². The van der Waals surface area contributed by atoms with Crippen LogP contribution in [0.3, 0.4) is 0 Å². The normalized spacial score (nSPS) is 21.2. The van der Waals surface area contributed by atoms with Crippen molar-refractivity contribution in [2.45, 2.75) is 64.9 Å². The summed E-state index contributed by atoms with van der Waals surface area (Å²) in [4.78, 5) is 4.77. The van der Waals surface area contributed by atoms with Gasteiger partial charge in [0.15, 0.2) is 5.96 Å². The second-order valence-corrected chi connectivity index (χ2v) is 7.27. The predicted octanol–water partition coefficient (Wildman–Crippen LogP) is 2.92. The van der Waals surface area contributed by atoms with E-state index in [-0.39, 0.29) is 24.0 Å². The predicted molar refractivity (Wildman–Crippen MR) is 110 cm³/mol. The number of nitrogens with one attached hydrogen (secondary N) is 2. The van der Waals surface area contributed by atoms with Gasteiger partial charge in [-0.1, -0.05) is 19.8 Å². The number of hydrogen-bond donors (Lipinski definition) is 3. The van der Waals surface area contributed by atoms with Gasteiger partial charge >= 0.3 is 0 Å². The Hall–Kier alpha value is -0.0800. The first kappa shape index (κ1) is 22.0. The molecule has 5 nitrogen and oxygen atoms in total. The van der Waals surface area contributed by atoms with Crippen LogP contribution in [-0.2, 0) is 4.74 Å². The molecule has 142 valence electrons. The van der Waals surface area contributed by atoms with Crippen LogP contribution in [-0.4, -0.2) is 50.0 Å². The minimum atomic E-state index is -0.482. The number of rotatable bonds is 10. The Bertz CT molecular complexity index is 369. The summed E-state index contributed by atoms with van der Waals surface area (Å²) < 4.78 is 5.54. The van der Waals surface area contributed by atoms with Crippen LogP contribution in [0.15, 0.2) is 4.99 Å². The van der Waals surface area contributed by atoms with Crippen molar-refractivity contribution < 1.29 is 9.84 Å². The first-order valence-electron chi connectivity index (χ1n) is 9.45. The monoisotopic (exact) mass is 453 g/mol. The molecule has 1 atom stereocenters.